The molecule has 21 heavy (non-hydrogen) atoms. The van der Waals surface area contributed by atoms with Crippen LogP contribution in [-0.2, 0) is 6.18 Å². The zero-order chi connectivity index (χ0) is 15.8. The lowest BCUT2D eigenvalue weighted by Gasteiger charge is -2.25. The van der Waals surface area contributed by atoms with Gasteiger partial charge in [-0.05, 0) is 51.9 Å². The van der Waals surface area contributed by atoms with Crippen LogP contribution in [-0.4, -0.2) is 25.7 Å². The van der Waals surface area contributed by atoms with Gasteiger partial charge < -0.3 is 10.2 Å². The Balaban J connectivity index is 2.48. The second-order valence-corrected chi connectivity index (χ2v) is 6.10. The van der Waals surface area contributed by atoms with Crippen molar-refractivity contribution in [3.05, 3.63) is 29.3 Å². The number of benzene rings is 1. The molecule has 0 fully saturated rings. The maximum absolute atomic E-state index is 13.3. The van der Waals surface area contributed by atoms with Crippen LogP contribution in [0.1, 0.15) is 44.2 Å². The molecule has 2 unspecified atom stereocenters. The summed E-state index contributed by atoms with van der Waals surface area (Å²) in [4.78, 5) is 2.08. The van der Waals surface area contributed by atoms with E-state index in [2.05, 4.69) is 10.2 Å². The highest BCUT2D eigenvalue weighted by molar-refractivity contribution is 5.64. The molecule has 0 aromatic heterocycles. The van der Waals surface area contributed by atoms with Crippen LogP contribution in [0.3, 0.4) is 0 Å². The maximum Gasteiger partial charge on any atom is 0.416 e. The average molecular weight is 300 g/mol. The smallest absolute Gasteiger partial charge is 0.368 e. The molecule has 0 saturated heterocycles. The third-order valence-electron chi connectivity index (χ3n) is 4.28. The molecule has 118 valence electrons. The summed E-state index contributed by atoms with van der Waals surface area (Å²) in [5, 5.41) is 3.13. The van der Waals surface area contributed by atoms with E-state index in [4.69, 9.17) is 0 Å². The van der Waals surface area contributed by atoms with Gasteiger partial charge in [0.1, 0.15) is 0 Å². The van der Waals surface area contributed by atoms with Crippen LogP contribution in [0, 0.1) is 0 Å². The van der Waals surface area contributed by atoms with Crippen molar-refractivity contribution in [1.82, 2.24) is 5.32 Å². The van der Waals surface area contributed by atoms with E-state index in [0.29, 0.717) is 18.5 Å². The molecule has 2 nitrogen and oxygen atoms in total. The molecular formula is C16H23F3N2. The van der Waals surface area contributed by atoms with Gasteiger partial charge in [0.2, 0.25) is 0 Å². The molecule has 0 spiro atoms. The van der Waals surface area contributed by atoms with Gasteiger partial charge in [-0.1, -0.05) is 6.07 Å². The van der Waals surface area contributed by atoms with Crippen LogP contribution in [0.25, 0.3) is 0 Å². The first-order chi connectivity index (χ1) is 9.75. The first kappa shape index (κ1) is 16.1. The molecule has 0 radical (unpaired) electrons. The number of hydrogen-bond acceptors (Lipinski definition) is 2. The minimum absolute atomic E-state index is 0.0809. The van der Waals surface area contributed by atoms with Crippen molar-refractivity contribution in [2.45, 2.75) is 51.4 Å². The first-order valence-corrected chi connectivity index (χ1v) is 7.39. The van der Waals surface area contributed by atoms with Gasteiger partial charge in [-0.3, -0.25) is 0 Å². The molecule has 1 N–H and O–H groups in total. The number of fused-ring (bicyclic) bond motifs is 1. The first-order valence-electron chi connectivity index (χ1n) is 7.39. The van der Waals surface area contributed by atoms with Crippen LogP contribution >= 0.6 is 0 Å². The normalized spacial score (nSPS) is 20.0. The minimum atomic E-state index is -4.29. The van der Waals surface area contributed by atoms with E-state index in [-0.39, 0.29) is 18.0 Å². The predicted octanol–water partition coefficient (Wildman–Crippen LogP) is 4.02. The summed E-state index contributed by atoms with van der Waals surface area (Å²) >= 11 is 0. The Labute approximate surface area is 124 Å². The van der Waals surface area contributed by atoms with Gasteiger partial charge in [-0.25, -0.2) is 0 Å². The van der Waals surface area contributed by atoms with E-state index in [1.54, 1.807) is 0 Å². The van der Waals surface area contributed by atoms with E-state index < -0.39 is 11.7 Å². The fourth-order valence-electron chi connectivity index (χ4n) is 3.13. The minimum Gasteiger partial charge on any atom is -0.368 e. The summed E-state index contributed by atoms with van der Waals surface area (Å²) in [5.41, 5.74) is 0.741. The van der Waals surface area contributed by atoms with Gasteiger partial charge in [-0.15, -0.1) is 0 Å². The largest absolute Gasteiger partial charge is 0.416 e. The van der Waals surface area contributed by atoms with Gasteiger partial charge in [0.05, 0.1) is 5.56 Å². The highest BCUT2D eigenvalue weighted by atomic mass is 19.4. The summed E-state index contributed by atoms with van der Waals surface area (Å²) in [6, 6.07) is 4.92. The van der Waals surface area contributed by atoms with E-state index in [0.717, 1.165) is 5.69 Å². The van der Waals surface area contributed by atoms with Crippen LogP contribution in [0.2, 0.25) is 0 Å². The van der Waals surface area contributed by atoms with E-state index in [1.807, 2.05) is 33.9 Å². The summed E-state index contributed by atoms with van der Waals surface area (Å²) in [6.45, 7) is 6.71. The van der Waals surface area contributed by atoms with Crippen molar-refractivity contribution >= 4 is 5.69 Å². The molecule has 1 aromatic rings. The van der Waals surface area contributed by atoms with Gasteiger partial charge in [-0.2, -0.15) is 13.2 Å². The van der Waals surface area contributed by atoms with Gasteiger partial charge in [0, 0.05) is 30.2 Å². The van der Waals surface area contributed by atoms with Crippen molar-refractivity contribution in [3.8, 4) is 0 Å². The fraction of sp³-hybridized carbons (Fsp3) is 0.625. The van der Waals surface area contributed by atoms with E-state index >= 15 is 0 Å². The Morgan fingerprint density at radius 3 is 2.48 bits per heavy atom. The van der Waals surface area contributed by atoms with E-state index in [1.165, 1.54) is 12.1 Å². The topological polar surface area (TPSA) is 15.3 Å². The summed E-state index contributed by atoms with van der Waals surface area (Å²) in [6.07, 6.45) is -3.58. The van der Waals surface area contributed by atoms with Crippen molar-refractivity contribution in [1.29, 1.82) is 0 Å². The molecule has 1 aliphatic rings. The number of nitrogens with one attached hydrogen (secondary N) is 1. The number of rotatable bonds is 4. The highest BCUT2D eigenvalue weighted by Crippen LogP contribution is 2.46. The molecule has 1 heterocycles. The van der Waals surface area contributed by atoms with Gasteiger partial charge in [0.25, 0.3) is 0 Å². The average Bonchev–Trinajstić information content (AvgIpc) is 2.76. The lowest BCUT2D eigenvalue weighted by atomic mass is 9.90. The quantitative estimate of drug-likeness (QED) is 0.903. The third kappa shape index (κ3) is 3.18. The van der Waals surface area contributed by atoms with Crippen molar-refractivity contribution in [2.75, 3.05) is 18.5 Å². The monoisotopic (exact) mass is 300 g/mol. The number of halogens is 3. The molecule has 0 saturated carbocycles. The predicted molar refractivity (Wildman–Crippen MR) is 79.8 cm³/mol. The third-order valence-corrected chi connectivity index (χ3v) is 4.28. The molecule has 2 atom stereocenters. The van der Waals surface area contributed by atoms with Gasteiger partial charge >= 0.3 is 6.18 Å². The SMILES string of the molecule is CNC(C)CC1CN(C(C)C)c2cccc(C(F)(F)F)c21. The number of nitrogens with zero attached hydrogens (tertiary/aromatic N) is 1. The second kappa shape index (κ2) is 5.87. The number of anilines is 1. The Bertz CT molecular complexity index is 497. The standard InChI is InChI=1S/C16H23F3N2/c1-10(2)21-9-12(8-11(3)20-4)15-13(16(17,18)19)6-5-7-14(15)21/h5-7,10-12,20H,8-9H2,1-4H3. The zero-order valence-electron chi connectivity index (χ0n) is 13.0. The summed E-state index contributed by atoms with van der Waals surface area (Å²) in [7, 11) is 1.84. The summed E-state index contributed by atoms with van der Waals surface area (Å²) in [5.74, 6) is -0.0809. The Hall–Kier alpha value is -1.23. The molecule has 0 bridgehead atoms. The van der Waals surface area contributed by atoms with Crippen molar-refractivity contribution in [2.24, 2.45) is 0 Å². The molecule has 1 aliphatic heterocycles. The van der Waals surface area contributed by atoms with Crippen LogP contribution in [0.5, 0.6) is 0 Å². The van der Waals surface area contributed by atoms with Crippen LogP contribution < -0.4 is 10.2 Å². The molecule has 5 heteroatoms. The summed E-state index contributed by atoms with van der Waals surface area (Å²) < 4.78 is 40.0. The Kier molecular flexibility index (Phi) is 4.51. The number of hydrogen-bond donors (Lipinski definition) is 1. The second-order valence-electron chi connectivity index (χ2n) is 6.10. The lowest BCUT2D eigenvalue weighted by Crippen LogP contribution is -2.31. The molecule has 2 rings (SSSR count). The molecule has 0 amide bonds. The Morgan fingerprint density at radius 2 is 1.95 bits per heavy atom. The van der Waals surface area contributed by atoms with Crippen molar-refractivity contribution < 1.29 is 13.2 Å². The van der Waals surface area contributed by atoms with Crippen LogP contribution in [0.4, 0.5) is 18.9 Å². The molecule has 1 aromatic carbocycles. The fourth-order valence-corrected chi connectivity index (χ4v) is 3.13. The van der Waals surface area contributed by atoms with Crippen LogP contribution in [0.15, 0.2) is 18.2 Å². The number of alkyl halides is 3. The maximum atomic E-state index is 13.3. The highest BCUT2D eigenvalue weighted by Gasteiger charge is 2.41. The zero-order valence-corrected chi connectivity index (χ0v) is 13.0. The lowest BCUT2D eigenvalue weighted by molar-refractivity contribution is -0.138. The van der Waals surface area contributed by atoms with Gasteiger partial charge in [0.15, 0.2) is 0 Å². The van der Waals surface area contributed by atoms with Crippen molar-refractivity contribution in [3.63, 3.8) is 0 Å². The van der Waals surface area contributed by atoms with E-state index in [9.17, 15) is 13.2 Å². The Morgan fingerprint density at radius 1 is 1.29 bits per heavy atom. The molecule has 0 aliphatic carbocycles. The molecular weight excluding hydrogens is 277 g/mol.